The fraction of sp³-hybridized carbons (Fsp3) is 0.556. The van der Waals surface area contributed by atoms with Crippen LogP contribution in [0, 0.1) is 5.92 Å². The van der Waals surface area contributed by atoms with Crippen LogP contribution in [0.5, 0.6) is 0 Å². The number of carbonyl (C=O) groups excluding carboxylic acids is 1. The zero-order chi connectivity index (χ0) is 17.4. The maximum Gasteiger partial charge on any atom is 0.309 e. The Morgan fingerprint density at radius 2 is 1.92 bits per heavy atom. The Morgan fingerprint density at radius 3 is 2.48 bits per heavy atom. The van der Waals surface area contributed by atoms with E-state index in [4.69, 9.17) is 21.3 Å². The third-order valence-electron chi connectivity index (χ3n) is 4.07. The quantitative estimate of drug-likeness (QED) is 0.303. The summed E-state index contributed by atoms with van der Waals surface area (Å²) in [5.74, 6) is 0.843. The van der Waals surface area contributed by atoms with E-state index in [0.29, 0.717) is 13.2 Å². The topological polar surface area (TPSA) is 53.9 Å². The molecule has 1 heterocycles. The van der Waals surface area contributed by atoms with E-state index in [1.165, 1.54) is 0 Å². The van der Waals surface area contributed by atoms with Crippen molar-refractivity contribution in [3.05, 3.63) is 34.9 Å². The Labute approximate surface area is 172 Å². The van der Waals surface area contributed by atoms with Crippen LogP contribution in [0.3, 0.4) is 0 Å². The minimum absolute atomic E-state index is 0. The zero-order valence-corrected chi connectivity index (χ0v) is 17.9. The summed E-state index contributed by atoms with van der Waals surface area (Å²) in [7, 11) is 0. The Morgan fingerprint density at radius 1 is 1.28 bits per heavy atom. The van der Waals surface area contributed by atoms with Gasteiger partial charge in [-0.2, -0.15) is 0 Å². The van der Waals surface area contributed by atoms with Gasteiger partial charge in [-0.05, 0) is 44.4 Å². The van der Waals surface area contributed by atoms with Gasteiger partial charge in [0.15, 0.2) is 5.96 Å². The number of nitrogens with one attached hydrogen (secondary N) is 1. The van der Waals surface area contributed by atoms with Crippen molar-refractivity contribution in [2.45, 2.75) is 33.2 Å². The molecule has 140 valence electrons. The molecule has 5 nitrogen and oxygen atoms in total. The highest BCUT2D eigenvalue weighted by Crippen LogP contribution is 2.19. The lowest BCUT2D eigenvalue weighted by atomic mass is 9.97. The summed E-state index contributed by atoms with van der Waals surface area (Å²) >= 11 is 5.91. The third-order valence-corrected chi connectivity index (χ3v) is 4.33. The lowest BCUT2D eigenvalue weighted by molar-refractivity contribution is -0.149. The molecule has 2 rings (SSSR count). The van der Waals surface area contributed by atoms with Gasteiger partial charge in [0, 0.05) is 24.7 Å². The Bertz CT molecular complexity index is 558. The number of hydrogen-bond donors (Lipinski definition) is 1. The molecule has 1 saturated heterocycles. The number of ether oxygens (including phenoxy) is 1. The van der Waals surface area contributed by atoms with Crippen LogP contribution in [0.2, 0.25) is 5.02 Å². The number of hydrogen-bond acceptors (Lipinski definition) is 3. The van der Waals surface area contributed by atoms with Crippen molar-refractivity contribution in [1.29, 1.82) is 0 Å². The number of nitrogens with zero attached hydrogens (tertiary/aromatic N) is 2. The second kappa shape index (κ2) is 11.6. The van der Waals surface area contributed by atoms with Crippen LogP contribution >= 0.6 is 35.6 Å². The molecule has 7 heteroatoms. The average molecular weight is 480 g/mol. The first kappa shape index (κ1) is 22.0. The standard InChI is InChI=1S/C18H26ClN3O2.HI/c1-3-20-18(21-13-14-5-7-16(19)8-6-14)22-11-9-15(10-12-22)17(23)24-4-2;/h5-8,15H,3-4,9-13H2,1-2H3,(H,20,21);1H. The number of guanidine groups is 1. The first-order chi connectivity index (χ1) is 11.6. The summed E-state index contributed by atoms with van der Waals surface area (Å²) in [5.41, 5.74) is 1.12. The smallest absolute Gasteiger partial charge is 0.309 e. The molecule has 1 aromatic carbocycles. The lowest BCUT2D eigenvalue weighted by Gasteiger charge is -2.33. The number of aliphatic imine (C=N–C) groups is 1. The van der Waals surface area contributed by atoms with Crippen molar-refractivity contribution in [2.24, 2.45) is 10.9 Å². The Balaban J connectivity index is 0.00000312. The van der Waals surface area contributed by atoms with Crippen LogP contribution in [0.1, 0.15) is 32.3 Å². The van der Waals surface area contributed by atoms with Crippen molar-refractivity contribution in [3.63, 3.8) is 0 Å². The lowest BCUT2D eigenvalue weighted by Crippen LogP contribution is -2.46. The molecule has 0 saturated carbocycles. The molecule has 0 spiro atoms. The summed E-state index contributed by atoms with van der Waals surface area (Å²) in [6.45, 7) is 7.41. The fourth-order valence-electron chi connectivity index (χ4n) is 2.77. The van der Waals surface area contributed by atoms with Gasteiger partial charge in [0.25, 0.3) is 0 Å². The molecule has 1 aliphatic rings. The number of likely N-dealkylation sites (tertiary alicyclic amines) is 1. The maximum absolute atomic E-state index is 11.8. The summed E-state index contributed by atoms with van der Waals surface area (Å²) in [6, 6.07) is 7.74. The molecule has 1 aromatic rings. The zero-order valence-electron chi connectivity index (χ0n) is 14.8. The van der Waals surface area contributed by atoms with Gasteiger partial charge in [0.05, 0.1) is 19.1 Å². The van der Waals surface area contributed by atoms with E-state index in [-0.39, 0.29) is 35.9 Å². The highest BCUT2D eigenvalue weighted by Gasteiger charge is 2.27. The first-order valence-electron chi connectivity index (χ1n) is 8.58. The molecule has 0 amide bonds. The van der Waals surface area contributed by atoms with Crippen molar-refractivity contribution in [3.8, 4) is 0 Å². The van der Waals surface area contributed by atoms with E-state index in [1.807, 2.05) is 31.2 Å². The molecule has 1 aliphatic heterocycles. The Kier molecular flexibility index (Phi) is 10.2. The number of carbonyl (C=O) groups is 1. The predicted octanol–water partition coefficient (Wildman–Crippen LogP) is 3.70. The second-order valence-electron chi connectivity index (χ2n) is 5.81. The summed E-state index contributed by atoms with van der Waals surface area (Å²) in [6.07, 6.45) is 1.62. The first-order valence-corrected chi connectivity index (χ1v) is 8.96. The minimum Gasteiger partial charge on any atom is -0.466 e. The summed E-state index contributed by atoms with van der Waals surface area (Å²) in [5, 5.41) is 4.07. The molecule has 0 aliphatic carbocycles. The van der Waals surface area contributed by atoms with Gasteiger partial charge in [-0.3, -0.25) is 4.79 Å². The van der Waals surface area contributed by atoms with Gasteiger partial charge in [0.1, 0.15) is 0 Å². The van der Waals surface area contributed by atoms with E-state index in [1.54, 1.807) is 0 Å². The van der Waals surface area contributed by atoms with Crippen molar-refractivity contribution in [2.75, 3.05) is 26.2 Å². The van der Waals surface area contributed by atoms with Gasteiger partial charge < -0.3 is 15.0 Å². The van der Waals surface area contributed by atoms with Gasteiger partial charge in [-0.1, -0.05) is 23.7 Å². The maximum atomic E-state index is 11.8. The number of halogens is 2. The van der Waals surface area contributed by atoms with Crippen LogP contribution < -0.4 is 5.32 Å². The van der Waals surface area contributed by atoms with Crippen molar-refractivity contribution >= 4 is 47.5 Å². The molecule has 0 atom stereocenters. The normalized spacial score (nSPS) is 15.5. The molecule has 0 unspecified atom stereocenters. The molecule has 1 fully saturated rings. The number of rotatable bonds is 5. The van der Waals surface area contributed by atoms with Crippen LogP contribution in [0.4, 0.5) is 0 Å². The largest absolute Gasteiger partial charge is 0.466 e. The fourth-order valence-corrected chi connectivity index (χ4v) is 2.89. The van der Waals surface area contributed by atoms with E-state index >= 15 is 0 Å². The van der Waals surface area contributed by atoms with Crippen LogP contribution in [-0.2, 0) is 16.1 Å². The van der Waals surface area contributed by atoms with Gasteiger partial charge in [-0.25, -0.2) is 4.99 Å². The average Bonchev–Trinajstić information content (AvgIpc) is 2.60. The van der Waals surface area contributed by atoms with Crippen LogP contribution in [0.25, 0.3) is 0 Å². The highest BCUT2D eigenvalue weighted by molar-refractivity contribution is 14.0. The summed E-state index contributed by atoms with van der Waals surface area (Å²) in [4.78, 5) is 18.8. The van der Waals surface area contributed by atoms with E-state index in [2.05, 4.69) is 17.1 Å². The molecule has 25 heavy (non-hydrogen) atoms. The number of esters is 1. The second-order valence-corrected chi connectivity index (χ2v) is 6.25. The Hall–Kier alpha value is -1.02. The SMILES string of the molecule is CCNC(=NCc1ccc(Cl)cc1)N1CCC(C(=O)OCC)CC1.I. The predicted molar refractivity (Wildman–Crippen MR) is 113 cm³/mol. The molecule has 1 N–H and O–H groups in total. The highest BCUT2D eigenvalue weighted by atomic mass is 127. The van der Waals surface area contributed by atoms with E-state index < -0.39 is 0 Å². The van der Waals surface area contributed by atoms with Crippen LogP contribution in [-0.4, -0.2) is 43.1 Å². The van der Waals surface area contributed by atoms with E-state index in [0.717, 1.165) is 49.0 Å². The van der Waals surface area contributed by atoms with Crippen molar-refractivity contribution in [1.82, 2.24) is 10.2 Å². The number of piperidine rings is 1. The molecule has 0 aromatic heterocycles. The van der Waals surface area contributed by atoms with Crippen molar-refractivity contribution < 1.29 is 9.53 Å². The molecular weight excluding hydrogens is 453 g/mol. The van der Waals surface area contributed by atoms with E-state index in [9.17, 15) is 4.79 Å². The molecule has 0 radical (unpaired) electrons. The monoisotopic (exact) mass is 479 g/mol. The third kappa shape index (κ3) is 7.01. The summed E-state index contributed by atoms with van der Waals surface area (Å²) < 4.78 is 5.13. The van der Waals surface area contributed by atoms with Gasteiger partial charge >= 0.3 is 5.97 Å². The molecular formula is C18H27ClIN3O2. The molecule has 0 bridgehead atoms. The van der Waals surface area contributed by atoms with Crippen LogP contribution in [0.15, 0.2) is 29.3 Å². The van der Waals surface area contributed by atoms with Gasteiger partial charge in [0.2, 0.25) is 0 Å². The number of benzene rings is 1. The minimum atomic E-state index is -0.0692. The van der Waals surface area contributed by atoms with Gasteiger partial charge in [-0.15, -0.1) is 24.0 Å².